The second kappa shape index (κ2) is 6.13. The third-order valence-corrected chi connectivity index (χ3v) is 6.14. The van der Waals surface area contributed by atoms with Gasteiger partial charge >= 0.3 is 11.5 Å². The van der Waals surface area contributed by atoms with Crippen molar-refractivity contribution in [2.24, 2.45) is 0 Å². The van der Waals surface area contributed by atoms with Crippen LogP contribution >= 0.6 is 0 Å². The molecule has 2 aromatic carbocycles. The topological polar surface area (TPSA) is 24.2 Å². The molecule has 0 fully saturated rings. The van der Waals surface area contributed by atoms with Crippen LogP contribution in [-0.4, -0.2) is 4.98 Å². The number of aromatic nitrogens is 1. The van der Waals surface area contributed by atoms with Crippen molar-refractivity contribution in [3.8, 4) is 33.8 Å². The molecule has 0 spiro atoms. The molecule has 0 saturated heterocycles. The molecule has 0 atom stereocenters. The van der Waals surface area contributed by atoms with Crippen LogP contribution in [0.25, 0.3) is 33.8 Å². The summed E-state index contributed by atoms with van der Waals surface area (Å²) in [6.07, 6.45) is 7.95. The molecule has 0 unspecified atom stereocenters. The van der Waals surface area contributed by atoms with Gasteiger partial charge in [0.1, 0.15) is 0 Å². The van der Waals surface area contributed by atoms with Crippen molar-refractivity contribution in [2.75, 3.05) is 0 Å². The van der Waals surface area contributed by atoms with Crippen molar-refractivity contribution in [2.45, 2.75) is 25.7 Å². The highest BCUT2D eigenvalue weighted by Gasteiger charge is 2.37. The first-order valence-corrected chi connectivity index (χ1v) is 9.99. The van der Waals surface area contributed by atoms with Gasteiger partial charge < -0.3 is 0 Å². The Morgan fingerprint density at radius 3 is 1.71 bits per heavy atom. The number of hydrogen-bond acceptors (Lipinski definition) is 1. The van der Waals surface area contributed by atoms with Gasteiger partial charge in [-0.15, -0.1) is 0 Å². The van der Waals surface area contributed by atoms with E-state index >= 15 is 0 Å². The van der Waals surface area contributed by atoms with Gasteiger partial charge in [0, 0.05) is 18.0 Å². The van der Waals surface area contributed by atoms with Crippen LogP contribution in [0.2, 0.25) is 0 Å². The van der Waals surface area contributed by atoms with Crippen LogP contribution in [0.5, 0.6) is 0 Å². The lowest BCUT2D eigenvalue weighted by atomic mass is 9.80. The molecular weight excluding hydrogens is 342 g/mol. The number of aryl methyl sites for hydroxylation is 2. The molecule has 2 aromatic heterocycles. The van der Waals surface area contributed by atoms with Crippen molar-refractivity contribution in [3.05, 3.63) is 95.3 Å². The van der Waals surface area contributed by atoms with Crippen LogP contribution in [0.4, 0.5) is 0 Å². The molecule has 0 aliphatic heterocycles. The Hall–Kier alpha value is -3.26. The van der Waals surface area contributed by atoms with Gasteiger partial charge in [-0.3, -0.25) is 4.98 Å². The van der Waals surface area contributed by atoms with Crippen LogP contribution in [0, 0.1) is 0 Å². The zero-order chi connectivity index (χ0) is 18.5. The molecule has 134 valence electrons. The molecule has 0 bridgehead atoms. The largest absolute Gasteiger partial charge is 0.364 e. The van der Waals surface area contributed by atoms with Gasteiger partial charge in [-0.2, -0.15) is 0 Å². The van der Waals surface area contributed by atoms with E-state index in [2.05, 4.69) is 65.6 Å². The van der Waals surface area contributed by atoms with E-state index in [1.54, 1.807) is 0 Å². The molecule has 6 rings (SSSR count). The predicted octanol–water partition coefficient (Wildman–Crippen LogP) is 6.15. The highest BCUT2D eigenvalue weighted by atomic mass is 16.3. The van der Waals surface area contributed by atoms with Gasteiger partial charge in [0.15, 0.2) is 0 Å². The summed E-state index contributed by atoms with van der Waals surface area (Å²) in [5.41, 5.74) is 10.5. The lowest BCUT2D eigenvalue weighted by molar-refractivity contribution is 0.556. The van der Waals surface area contributed by atoms with E-state index < -0.39 is 0 Å². The van der Waals surface area contributed by atoms with Gasteiger partial charge in [0.05, 0.1) is 22.3 Å². The Bertz CT molecular complexity index is 1140. The Morgan fingerprint density at radius 1 is 0.607 bits per heavy atom. The lowest BCUT2D eigenvalue weighted by Crippen LogP contribution is -2.12. The van der Waals surface area contributed by atoms with Crippen molar-refractivity contribution >= 4 is 0 Å². The smallest absolute Gasteiger partial charge is 0.265 e. The number of hydrogen-bond donors (Lipinski definition) is 0. The average molecular weight is 362 g/mol. The summed E-state index contributed by atoms with van der Waals surface area (Å²) in [4.78, 5) is 4.24. The van der Waals surface area contributed by atoms with Gasteiger partial charge in [-0.1, -0.05) is 36.4 Å². The SMILES string of the molecule is c1ccc2c(c1)CCc1c-2[o+]c2c(c1-c1ccncc1)CCc1ccccc1-2. The summed E-state index contributed by atoms with van der Waals surface area (Å²) < 4.78 is 6.72. The number of rotatable bonds is 1. The summed E-state index contributed by atoms with van der Waals surface area (Å²) >= 11 is 0. The van der Waals surface area contributed by atoms with E-state index in [4.69, 9.17) is 4.42 Å². The first-order chi connectivity index (χ1) is 13.9. The lowest BCUT2D eigenvalue weighted by Gasteiger charge is -2.22. The van der Waals surface area contributed by atoms with Gasteiger partial charge in [0.25, 0.3) is 0 Å². The highest BCUT2D eigenvalue weighted by molar-refractivity contribution is 5.86. The standard InChI is InChI=1S/C26H20NO/c1-3-7-20-17(5-1)9-11-22-24(19-13-15-27-16-14-19)23-12-10-18-6-2-4-8-21(18)26(23)28-25(20)22/h1-8,13-16H,9-12H2/q+1. The van der Waals surface area contributed by atoms with Gasteiger partial charge in [-0.05, 0) is 66.6 Å². The summed E-state index contributed by atoms with van der Waals surface area (Å²) in [6.45, 7) is 0. The normalized spacial score (nSPS) is 13.9. The third kappa shape index (κ3) is 2.27. The molecule has 0 N–H and O–H groups in total. The zero-order valence-electron chi connectivity index (χ0n) is 15.6. The second-order valence-corrected chi connectivity index (χ2v) is 7.64. The van der Waals surface area contributed by atoms with E-state index in [9.17, 15) is 0 Å². The second-order valence-electron chi connectivity index (χ2n) is 7.64. The van der Waals surface area contributed by atoms with Crippen molar-refractivity contribution in [3.63, 3.8) is 0 Å². The molecule has 0 saturated carbocycles. The number of pyridine rings is 1. The van der Waals surface area contributed by atoms with Crippen molar-refractivity contribution in [1.29, 1.82) is 0 Å². The fraction of sp³-hybridized carbons (Fsp3) is 0.154. The van der Waals surface area contributed by atoms with E-state index in [1.165, 1.54) is 44.5 Å². The van der Waals surface area contributed by atoms with Crippen LogP contribution in [0.3, 0.4) is 0 Å². The maximum Gasteiger partial charge on any atom is 0.364 e. The Balaban J connectivity index is 1.73. The third-order valence-electron chi connectivity index (χ3n) is 6.14. The van der Waals surface area contributed by atoms with E-state index in [1.807, 2.05) is 12.4 Å². The Morgan fingerprint density at radius 2 is 1.14 bits per heavy atom. The maximum atomic E-state index is 6.72. The molecule has 2 aliphatic carbocycles. The number of nitrogens with zero attached hydrogens (tertiary/aromatic N) is 1. The van der Waals surface area contributed by atoms with E-state index in [-0.39, 0.29) is 0 Å². The fourth-order valence-electron chi connectivity index (χ4n) is 4.85. The molecule has 2 aliphatic rings. The number of fused-ring (bicyclic) bond motifs is 6. The van der Waals surface area contributed by atoms with Crippen molar-refractivity contribution < 1.29 is 4.42 Å². The first kappa shape index (κ1) is 15.8. The molecular formula is C26H20NO+. The molecule has 0 amide bonds. The van der Waals surface area contributed by atoms with Crippen LogP contribution in [0.15, 0.2) is 77.5 Å². The predicted molar refractivity (Wildman–Crippen MR) is 112 cm³/mol. The Labute approximate surface area is 164 Å². The first-order valence-electron chi connectivity index (χ1n) is 9.99. The minimum absolute atomic E-state index is 1.02. The maximum absolute atomic E-state index is 6.72. The molecule has 2 nitrogen and oxygen atoms in total. The molecule has 28 heavy (non-hydrogen) atoms. The molecule has 0 radical (unpaired) electrons. The summed E-state index contributed by atoms with van der Waals surface area (Å²) in [7, 11) is 0. The highest BCUT2D eigenvalue weighted by Crippen LogP contribution is 2.47. The Kier molecular flexibility index (Phi) is 3.45. The molecule has 2 heteroatoms. The zero-order valence-corrected chi connectivity index (χ0v) is 15.6. The van der Waals surface area contributed by atoms with E-state index in [0.29, 0.717) is 0 Å². The van der Waals surface area contributed by atoms with Crippen LogP contribution in [-0.2, 0) is 25.7 Å². The molecule has 2 heterocycles. The number of benzene rings is 2. The van der Waals surface area contributed by atoms with Gasteiger partial charge in [-0.25, -0.2) is 4.42 Å². The minimum Gasteiger partial charge on any atom is -0.265 e. The molecule has 4 aromatic rings. The van der Waals surface area contributed by atoms with E-state index in [0.717, 1.165) is 37.2 Å². The fourth-order valence-corrected chi connectivity index (χ4v) is 4.85. The summed E-state index contributed by atoms with van der Waals surface area (Å²) in [6, 6.07) is 21.6. The minimum atomic E-state index is 1.02. The summed E-state index contributed by atoms with van der Waals surface area (Å²) in [5.74, 6) is 2.09. The van der Waals surface area contributed by atoms with Gasteiger partial charge in [0.2, 0.25) is 0 Å². The summed E-state index contributed by atoms with van der Waals surface area (Å²) in [5, 5.41) is 0. The van der Waals surface area contributed by atoms with Crippen molar-refractivity contribution in [1.82, 2.24) is 4.98 Å². The average Bonchev–Trinajstić information content (AvgIpc) is 2.78. The van der Waals surface area contributed by atoms with Crippen LogP contribution < -0.4 is 0 Å². The quantitative estimate of drug-likeness (QED) is 0.379. The monoisotopic (exact) mass is 362 g/mol. The van der Waals surface area contributed by atoms with Crippen LogP contribution in [0.1, 0.15) is 22.3 Å².